The van der Waals surface area contributed by atoms with Gasteiger partial charge in [0.15, 0.2) is 5.16 Å². The second-order valence-electron chi connectivity index (χ2n) is 4.78. The zero-order chi connectivity index (χ0) is 13.9. The van der Waals surface area contributed by atoms with Gasteiger partial charge in [0.2, 0.25) is 0 Å². The molecule has 0 atom stereocenters. The average molecular weight is 314 g/mol. The van der Waals surface area contributed by atoms with Gasteiger partial charge in [0.1, 0.15) is 11.0 Å². The predicted octanol–water partition coefficient (Wildman–Crippen LogP) is 4.30. The lowest BCUT2D eigenvalue weighted by atomic mass is 9.91. The number of thiophene rings is 1. The molecule has 2 heterocycles. The SMILES string of the molecule is CSc1nc(Cl)cc(NCC(C)(C)c2cccs2)n1. The number of halogens is 1. The third-order valence-corrected chi connectivity index (χ3v) is 4.73. The molecule has 3 nitrogen and oxygen atoms in total. The van der Waals surface area contributed by atoms with Crippen molar-refractivity contribution in [2.24, 2.45) is 0 Å². The van der Waals surface area contributed by atoms with Crippen molar-refractivity contribution in [2.75, 3.05) is 18.1 Å². The first-order valence-corrected chi connectivity index (χ1v) is 8.36. The van der Waals surface area contributed by atoms with Crippen LogP contribution >= 0.6 is 34.7 Å². The van der Waals surface area contributed by atoms with Gasteiger partial charge < -0.3 is 5.32 Å². The van der Waals surface area contributed by atoms with Gasteiger partial charge in [-0.1, -0.05) is 43.3 Å². The van der Waals surface area contributed by atoms with Crippen LogP contribution < -0.4 is 5.32 Å². The van der Waals surface area contributed by atoms with Crippen LogP contribution in [0, 0.1) is 0 Å². The van der Waals surface area contributed by atoms with E-state index in [0.29, 0.717) is 10.3 Å². The number of hydrogen-bond acceptors (Lipinski definition) is 5. The standard InChI is InChI=1S/C13H16ClN3S2/c1-13(2,9-5-4-6-19-9)8-15-11-7-10(14)16-12(17-11)18-3/h4-7H,8H2,1-3H3,(H,15,16,17). The summed E-state index contributed by atoms with van der Waals surface area (Å²) in [4.78, 5) is 9.87. The molecule has 0 aromatic carbocycles. The maximum Gasteiger partial charge on any atom is 0.190 e. The van der Waals surface area contributed by atoms with Crippen LogP contribution in [0.15, 0.2) is 28.7 Å². The van der Waals surface area contributed by atoms with Crippen LogP contribution in [-0.4, -0.2) is 22.8 Å². The molecule has 0 radical (unpaired) electrons. The van der Waals surface area contributed by atoms with Gasteiger partial charge in [-0.2, -0.15) is 0 Å². The van der Waals surface area contributed by atoms with Crippen LogP contribution in [0.4, 0.5) is 5.82 Å². The number of rotatable bonds is 5. The average Bonchev–Trinajstić information content (AvgIpc) is 2.90. The highest BCUT2D eigenvalue weighted by Crippen LogP contribution is 2.28. The number of nitrogens with zero attached hydrogens (tertiary/aromatic N) is 2. The fraction of sp³-hybridized carbons (Fsp3) is 0.385. The van der Waals surface area contributed by atoms with Crippen molar-refractivity contribution >= 4 is 40.5 Å². The van der Waals surface area contributed by atoms with Crippen LogP contribution in [0.3, 0.4) is 0 Å². The Bertz CT molecular complexity index is 541. The van der Waals surface area contributed by atoms with Crippen LogP contribution in [0.2, 0.25) is 5.15 Å². The molecule has 6 heteroatoms. The van der Waals surface area contributed by atoms with Crippen molar-refractivity contribution in [3.05, 3.63) is 33.6 Å². The lowest BCUT2D eigenvalue weighted by Crippen LogP contribution is -2.26. The molecule has 1 N–H and O–H groups in total. The Morgan fingerprint density at radius 1 is 1.42 bits per heavy atom. The molecule has 0 spiro atoms. The second-order valence-corrected chi connectivity index (χ2v) is 6.89. The van der Waals surface area contributed by atoms with E-state index in [4.69, 9.17) is 11.6 Å². The smallest absolute Gasteiger partial charge is 0.190 e. The van der Waals surface area contributed by atoms with Gasteiger partial charge in [0.25, 0.3) is 0 Å². The van der Waals surface area contributed by atoms with E-state index in [9.17, 15) is 0 Å². The van der Waals surface area contributed by atoms with Gasteiger partial charge in [-0.15, -0.1) is 11.3 Å². The monoisotopic (exact) mass is 313 g/mol. The Balaban J connectivity index is 2.08. The van der Waals surface area contributed by atoms with E-state index in [1.54, 1.807) is 17.4 Å². The number of anilines is 1. The summed E-state index contributed by atoms with van der Waals surface area (Å²) in [6, 6.07) is 5.99. The summed E-state index contributed by atoms with van der Waals surface area (Å²) in [5, 5.41) is 6.60. The molecule has 0 aliphatic heterocycles. The molecule has 2 rings (SSSR count). The van der Waals surface area contributed by atoms with E-state index in [1.807, 2.05) is 6.26 Å². The summed E-state index contributed by atoms with van der Waals surface area (Å²) < 4.78 is 0. The van der Waals surface area contributed by atoms with E-state index in [2.05, 4.69) is 46.6 Å². The minimum absolute atomic E-state index is 0.0606. The number of aromatic nitrogens is 2. The molecular formula is C13H16ClN3S2. The molecule has 0 saturated heterocycles. The fourth-order valence-corrected chi connectivity index (χ4v) is 3.11. The van der Waals surface area contributed by atoms with Crippen LogP contribution in [-0.2, 0) is 5.41 Å². The van der Waals surface area contributed by atoms with Crippen LogP contribution in [0.1, 0.15) is 18.7 Å². The molecule has 19 heavy (non-hydrogen) atoms. The quantitative estimate of drug-likeness (QED) is 0.507. The summed E-state index contributed by atoms with van der Waals surface area (Å²) in [6.07, 6.45) is 1.94. The summed E-state index contributed by atoms with van der Waals surface area (Å²) >= 11 is 9.23. The molecular weight excluding hydrogens is 298 g/mol. The van der Waals surface area contributed by atoms with Gasteiger partial charge in [-0.05, 0) is 17.7 Å². The van der Waals surface area contributed by atoms with E-state index < -0.39 is 0 Å². The summed E-state index contributed by atoms with van der Waals surface area (Å²) in [5.74, 6) is 0.772. The first kappa shape index (κ1) is 14.6. The first-order valence-electron chi connectivity index (χ1n) is 5.88. The molecule has 0 saturated carbocycles. The zero-order valence-corrected chi connectivity index (χ0v) is 13.5. The second kappa shape index (κ2) is 6.11. The summed E-state index contributed by atoms with van der Waals surface area (Å²) in [5.41, 5.74) is 0.0606. The Labute approximate surface area is 126 Å². The number of thioether (sulfide) groups is 1. The van der Waals surface area contributed by atoms with Gasteiger partial charge in [-0.25, -0.2) is 9.97 Å². The van der Waals surface area contributed by atoms with E-state index in [0.717, 1.165) is 12.4 Å². The molecule has 102 valence electrons. The van der Waals surface area contributed by atoms with Crippen molar-refractivity contribution < 1.29 is 0 Å². The molecule has 0 amide bonds. The minimum atomic E-state index is 0.0606. The maximum absolute atomic E-state index is 5.98. The van der Waals surface area contributed by atoms with Gasteiger partial charge in [0, 0.05) is 22.9 Å². The highest BCUT2D eigenvalue weighted by atomic mass is 35.5. The normalized spacial score (nSPS) is 11.6. The lowest BCUT2D eigenvalue weighted by molar-refractivity contribution is 0.568. The van der Waals surface area contributed by atoms with Crippen molar-refractivity contribution in [1.29, 1.82) is 0 Å². The molecule has 0 aliphatic carbocycles. The molecule has 0 fully saturated rings. The molecule has 0 unspecified atom stereocenters. The van der Waals surface area contributed by atoms with E-state index >= 15 is 0 Å². The van der Waals surface area contributed by atoms with Gasteiger partial charge in [-0.3, -0.25) is 0 Å². The van der Waals surface area contributed by atoms with Crippen molar-refractivity contribution in [3.8, 4) is 0 Å². The van der Waals surface area contributed by atoms with E-state index in [1.165, 1.54) is 16.6 Å². The van der Waals surface area contributed by atoms with Gasteiger partial charge in [0.05, 0.1) is 0 Å². The van der Waals surface area contributed by atoms with Crippen molar-refractivity contribution in [2.45, 2.75) is 24.4 Å². The maximum atomic E-state index is 5.98. The molecule has 2 aromatic heterocycles. The Kier molecular flexibility index (Phi) is 4.71. The highest BCUT2D eigenvalue weighted by Gasteiger charge is 2.21. The third kappa shape index (κ3) is 3.84. The Morgan fingerprint density at radius 3 is 2.84 bits per heavy atom. The summed E-state index contributed by atoms with van der Waals surface area (Å²) in [6.45, 7) is 5.23. The predicted molar refractivity (Wildman–Crippen MR) is 84.7 cm³/mol. The Hall–Kier alpha value is -0.780. The fourth-order valence-electron chi connectivity index (χ4n) is 1.64. The largest absolute Gasteiger partial charge is 0.369 e. The molecule has 2 aromatic rings. The lowest BCUT2D eigenvalue weighted by Gasteiger charge is -2.24. The highest BCUT2D eigenvalue weighted by molar-refractivity contribution is 7.98. The zero-order valence-electron chi connectivity index (χ0n) is 11.1. The molecule has 0 bridgehead atoms. The number of nitrogens with one attached hydrogen (secondary N) is 1. The van der Waals surface area contributed by atoms with Crippen LogP contribution in [0.5, 0.6) is 0 Å². The Morgan fingerprint density at radius 2 is 2.21 bits per heavy atom. The number of hydrogen-bond donors (Lipinski definition) is 1. The van der Waals surface area contributed by atoms with Crippen molar-refractivity contribution in [1.82, 2.24) is 9.97 Å². The minimum Gasteiger partial charge on any atom is -0.369 e. The van der Waals surface area contributed by atoms with E-state index in [-0.39, 0.29) is 5.41 Å². The van der Waals surface area contributed by atoms with Crippen molar-refractivity contribution in [3.63, 3.8) is 0 Å². The first-order chi connectivity index (χ1) is 9.01. The summed E-state index contributed by atoms with van der Waals surface area (Å²) in [7, 11) is 0. The van der Waals surface area contributed by atoms with Crippen LogP contribution in [0.25, 0.3) is 0 Å². The third-order valence-electron chi connectivity index (χ3n) is 2.76. The molecule has 0 aliphatic rings. The van der Waals surface area contributed by atoms with Gasteiger partial charge >= 0.3 is 0 Å². The topological polar surface area (TPSA) is 37.8 Å².